The molecule has 1 N–H and O–H groups in total. The van der Waals surface area contributed by atoms with Crippen molar-refractivity contribution in [2.45, 2.75) is 6.61 Å². The molecule has 0 amide bonds. The summed E-state index contributed by atoms with van der Waals surface area (Å²) in [6.45, 7) is 0.179. The molecule has 0 fully saturated rings. The lowest BCUT2D eigenvalue weighted by molar-refractivity contribution is -0.385. The van der Waals surface area contributed by atoms with Crippen LogP contribution >= 0.6 is 11.6 Å². The van der Waals surface area contributed by atoms with Gasteiger partial charge >= 0.3 is 5.69 Å². The highest BCUT2D eigenvalue weighted by Gasteiger charge is 2.15. The van der Waals surface area contributed by atoms with E-state index in [1.807, 2.05) is 6.07 Å². The summed E-state index contributed by atoms with van der Waals surface area (Å²) >= 11 is 5.82. The summed E-state index contributed by atoms with van der Waals surface area (Å²) in [5.41, 5.74) is 0.687. The molecule has 1 aromatic heterocycles. The third-order valence-corrected chi connectivity index (χ3v) is 2.83. The molecule has 20 heavy (non-hydrogen) atoms. The summed E-state index contributed by atoms with van der Waals surface area (Å²) in [7, 11) is 1.77. The molecule has 1 aromatic carbocycles. The summed E-state index contributed by atoms with van der Waals surface area (Å²) in [6.07, 6.45) is 1.64. The van der Waals surface area contributed by atoms with E-state index in [0.717, 1.165) is 11.4 Å². The smallest absolute Gasteiger partial charge is 0.311 e. The number of pyridine rings is 1. The molecule has 2 aromatic rings. The van der Waals surface area contributed by atoms with Crippen LogP contribution in [-0.4, -0.2) is 17.0 Å². The van der Waals surface area contributed by atoms with Crippen molar-refractivity contribution in [3.63, 3.8) is 0 Å². The Hall–Kier alpha value is -2.34. The van der Waals surface area contributed by atoms with Gasteiger partial charge in [-0.2, -0.15) is 0 Å². The van der Waals surface area contributed by atoms with Crippen LogP contribution in [0, 0.1) is 10.1 Å². The van der Waals surface area contributed by atoms with Crippen LogP contribution in [0.1, 0.15) is 5.56 Å². The Bertz CT molecular complexity index is 617. The van der Waals surface area contributed by atoms with Crippen molar-refractivity contribution in [3.05, 3.63) is 57.2 Å². The molecule has 0 radical (unpaired) electrons. The van der Waals surface area contributed by atoms with Crippen LogP contribution in [0.2, 0.25) is 5.02 Å². The van der Waals surface area contributed by atoms with Crippen LogP contribution in [0.5, 0.6) is 5.75 Å². The van der Waals surface area contributed by atoms with Crippen LogP contribution in [0.15, 0.2) is 36.5 Å². The van der Waals surface area contributed by atoms with Gasteiger partial charge in [0.1, 0.15) is 12.4 Å². The molecule has 7 heteroatoms. The number of anilines is 1. The first-order chi connectivity index (χ1) is 9.60. The number of hydrogen-bond donors (Lipinski definition) is 1. The van der Waals surface area contributed by atoms with E-state index < -0.39 is 4.92 Å². The third kappa shape index (κ3) is 3.36. The van der Waals surface area contributed by atoms with Crippen LogP contribution in [0.3, 0.4) is 0 Å². The molecule has 0 saturated heterocycles. The minimum absolute atomic E-state index is 0.116. The number of nitrogens with zero attached hydrogens (tertiary/aromatic N) is 2. The maximum absolute atomic E-state index is 10.9. The van der Waals surface area contributed by atoms with Gasteiger partial charge in [0.15, 0.2) is 5.75 Å². The van der Waals surface area contributed by atoms with Gasteiger partial charge in [0.2, 0.25) is 0 Å². The Morgan fingerprint density at radius 2 is 2.20 bits per heavy atom. The molecule has 6 nitrogen and oxygen atoms in total. The maximum Gasteiger partial charge on any atom is 0.311 e. The quantitative estimate of drug-likeness (QED) is 0.676. The van der Waals surface area contributed by atoms with Gasteiger partial charge in [-0.3, -0.25) is 10.1 Å². The second-order valence-electron chi connectivity index (χ2n) is 3.96. The lowest BCUT2D eigenvalue weighted by Gasteiger charge is -2.07. The van der Waals surface area contributed by atoms with Gasteiger partial charge in [0, 0.05) is 36.0 Å². The predicted octanol–water partition coefficient (Wildman–Crippen LogP) is 3.26. The molecule has 0 atom stereocenters. The average Bonchev–Trinajstić information content (AvgIpc) is 2.45. The minimum atomic E-state index is -0.506. The molecule has 0 aliphatic carbocycles. The average molecular weight is 294 g/mol. The van der Waals surface area contributed by atoms with Gasteiger partial charge in [-0.25, -0.2) is 4.98 Å². The van der Waals surface area contributed by atoms with Crippen LogP contribution < -0.4 is 10.1 Å². The van der Waals surface area contributed by atoms with Crippen LogP contribution in [-0.2, 0) is 6.61 Å². The highest BCUT2D eigenvalue weighted by molar-refractivity contribution is 6.30. The topological polar surface area (TPSA) is 77.3 Å². The molecule has 0 unspecified atom stereocenters. The molecular formula is C13H12ClN3O3. The highest BCUT2D eigenvalue weighted by atomic mass is 35.5. The lowest BCUT2D eigenvalue weighted by atomic mass is 10.3. The number of aromatic nitrogens is 1. The zero-order chi connectivity index (χ0) is 14.5. The second-order valence-corrected chi connectivity index (χ2v) is 4.40. The van der Waals surface area contributed by atoms with Gasteiger partial charge in [-0.05, 0) is 12.1 Å². The van der Waals surface area contributed by atoms with Crippen molar-refractivity contribution in [2.24, 2.45) is 0 Å². The SMILES string of the molecule is CNc1ccc(COc2cc(Cl)ccc2[N+](=O)[O-])cn1. The Kier molecular flexibility index (Phi) is 4.37. The van der Waals surface area contributed by atoms with E-state index in [4.69, 9.17) is 16.3 Å². The van der Waals surface area contributed by atoms with Crippen molar-refractivity contribution in [1.82, 2.24) is 4.98 Å². The largest absolute Gasteiger partial charge is 0.482 e. The monoisotopic (exact) mass is 293 g/mol. The normalized spacial score (nSPS) is 10.1. The van der Waals surface area contributed by atoms with Crippen molar-refractivity contribution in [3.8, 4) is 5.75 Å². The van der Waals surface area contributed by atoms with Crippen LogP contribution in [0.4, 0.5) is 11.5 Å². The van der Waals surface area contributed by atoms with Gasteiger partial charge in [-0.1, -0.05) is 17.7 Å². The first-order valence-corrected chi connectivity index (χ1v) is 6.17. The molecule has 2 rings (SSSR count). The lowest BCUT2D eigenvalue weighted by Crippen LogP contribution is -2.00. The second kappa shape index (κ2) is 6.21. The maximum atomic E-state index is 10.9. The molecule has 0 saturated carbocycles. The molecule has 104 valence electrons. The highest BCUT2D eigenvalue weighted by Crippen LogP contribution is 2.30. The molecule has 0 spiro atoms. The zero-order valence-electron chi connectivity index (χ0n) is 10.7. The van der Waals surface area contributed by atoms with E-state index >= 15 is 0 Å². The fourth-order valence-electron chi connectivity index (χ4n) is 1.57. The van der Waals surface area contributed by atoms with E-state index in [1.165, 1.54) is 18.2 Å². The van der Waals surface area contributed by atoms with Gasteiger partial charge in [-0.15, -0.1) is 0 Å². The standard InChI is InChI=1S/C13H12ClN3O3/c1-15-13-5-2-9(7-16-13)8-20-12-6-10(14)3-4-11(12)17(18)19/h2-7H,8H2,1H3,(H,15,16). The summed E-state index contributed by atoms with van der Waals surface area (Å²) in [5, 5.41) is 14.2. The number of ether oxygens (including phenoxy) is 1. The van der Waals surface area contributed by atoms with E-state index in [1.54, 1.807) is 19.3 Å². The van der Waals surface area contributed by atoms with E-state index in [9.17, 15) is 10.1 Å². The summed E-state index contributed by atoms with van der Waals surface area (Å²) in [5.74, 6) is 0.877. The third-order valence-electron chi connectivity index (χ3n) is 2.59. The van der Waals surface area contributed by atoms with E-state index in [2.05, 4.69) is 10.3 Å². The number of benzene rings is 1. The Morgan fingerprint density at radius 1 is 1.40 bits per heavy atom. The fraction of sp³-hybridized carbons (Fsp3) is 0.154. The summed E-state index contributed by atoms with van der Waals surface area (Å²) in [6, 6.07) is 7.82. The Morgan fingerprint density at radius 3 is 2.80 bits per heavy atom. The number of rotatable bonds is 5. The Balaban J connectivity index is 2.13. The molecule has 1 heterocycles. The molecule has 0 aliphatic rings. The van der Waals surface area contributed by atoms with Crippen molar-refractivity contribution < 1.29 is 9.66 Å². The van der Waals surface area contributed by atoms with E-state index in [-0.39, 0.29) is 18.0 Å². The molecule has 0 bridgehead atoms. The number of nitrogens with one attached hydrogen (secondary N) is 1. The summed E-state index contributed by atoms with van der Waals surface area (Å²) < 4.78 is 5.45. The number of nitro groups is 1. The first kappa shape index (κ1) is 14.1. The fourth-order valence-corrected chi connectivity index (χ4v) is 1.74. The van der Waals surface area contributed by atoms with Gasteiger partial charge in [0.05, 0.1) is 4.92 Å². The van der Waals surface area contributed by atoms with Crippen molar-refractivity contribution in [1.29, 1.82) is 0 Å². The Labute approximate surface area is 120 Å². The summed E-state index contributed by atoms with van der Waals surface area (Å²) in [4.78, 5) is 14.5. The predicted molar refractivity (Wildman–Crippen MR) is 76.2 cm³/mol. The molecular weight excluding hydrogens is 282 g/mol. The molecule has 0 aliphatic heterocycles. The zero-order valence-corrected chi connectivity index (χ0v) is 11.4. The minimum Gasteiger partial charge on any atom is -0.482 e. The van der Waals surface area contributed by atoms with Crippen molar-refractivity contribution >= 4 is 23.1 Å². The van der Waals surface area contributed by atoms with Crippen molar-refractivity contribution in [2.75, 3.05) is 12.4 Å². The van der Waals surface area contributed by atoms with Gasteiger partial charge in [0.25, 0.3) is 0 Å². The van der Waals surface area contributed by atoms with Crippen LogP contribution in [0.25, 0.3) is 0 Å². The number of nitro benzene ring substituents is 1. The number of halogens is 1. The van der Waals surface area contributed by atoms with Gasteiger partial charge < -0.3 is 10.1 Å². The number of hydrogen-bond acceptors (Lipinski definition) is 5. The van der Waals surface area contributed by atoms with E-state index in [0.29, 0.717) is 5.02 Å². The first-order valence-electron chi connectivity index (χ1n) is 5.79.